The standard InChI is InChI=1S/C27H37N3O4/c1-16(31)28-23(15-17-5-7-22(34-2)8-6-17)27(33)30-9-3-4-24(30)26(32)29-25-20-11-18-10-19(13-20)14-21(25)12-18/h5-8,18-21,23-25H,3-4,9-15H2,1-2H3,(H,28,31)(H,29,32). The lowest BCUT2D eigenvalue weighted by atomic mass is 9.54. The average Bonchev–Trinajstić information content (AvgIpc) is 3.30. The number of rotatable bonds is 7. The summed E-state index contributed by atoms with van der Waals surface area (Å²) in [7, 11) is 1.61. The van der Waals surface area contributed by atoms with E-state index >= 15 is 0 Å². The Balaban J connectivity index is 1.26. The van der Waals surface area contributed by atoms with Gasteiger partial charge in [0.1, 0.15) is 17.8 Å². The van der Waals surface area contributed by atoms with Crippen LogP contribution in [0, 0.1) is 23.7 Å². The number of nitrogens with one attached hydrogen (secondary N) is 2. The molecule has 4 bridgehead atoms. The Labute approximate surface area is 202 Å². The zero-order valence-electron chi connectivity index (χ0n) is 20.3. The number of carbonyl (C=O) groups is 3. The van der Waals surface area contributed by atoms with Gasteiger partial charge >= 0.3 is 0 Å². The summed E-state index contributed by atoms with van der Waals surface area (Å²) >= 11 is 0. The minimum Gasteiger partial charge on any atom is -0.497 e. The van der Waals surface area contributed by atoms with Gasteiger partial charge in [0.15, 0.2) is 0 Å². The van der Waals surface area contributed by atoms with Gasteiger partial charge in [-0.15, -0.1) is 0 Å². The predicted molar refractivity (Wildman–Crippen MR) is 128 cm³/mol. The molecule has 4 saturated carbocycles. The molecule has 1 saturated heterocycles. The van der Waals surface area contributed by atoms with Crippen molar-refractivity contribution in [1.29, 1.82) is 0 Å². The van der Waals surface area contributed by atoms with Gasteiger partial charge in [-0.05, 0) is 86.3 Å². The van der Waals surface area contributed by atoms with Crippen LogP contribution in [0.2, 0.25) is 0 Å². The third-order valence-electron chi connectivity index (χ3n) is 8.65. The van der Waals surface area contributed by atoms with Crippen LogP contribution < -0.4 is 15.4 Å². The third-order valence-corrected chi connectivity index (χ3v) is 8.65. The number of hydrogen-bond donors (Lipinski definition) is 2. The minimum atomic E-state index is -0.694. The summed E-state index contributed by atoms with van der Waals surface area (Å²) in [5, 5.41) is 6.22. The number of methoxy groups -OCH3 is 1. The Morgan fingerprint density at radius 2 is 1.68 bits per heavy atom. The number of carbonyl (C=O) groups excluding carboxylic acids is 3. The molecule has 1 aliphatic heterocycles. The molecule has 1 heterocycles. The maximum atomic E-state index is 13.6. The molecule has 7 heteroatoms. The second kappa shape index (κ2) is 9.59. The van der Waals surface area contributed by atoms with Gasteiger partial charge in [-0.2, -0.15) is 0 Å². The van der Waals surface area contributed by atoms with Crippen LogP contribution in [0.1, 0.15) is 57.4 Å². The van der Waals surface area contributed by atoms with E-state index in [1.165, 1.54) is 39.0 Å². The fourth-order valence-electron chi connectivity index (χ4n) is 7.37. The van der Waals surface area contributed by atoms with Gasteiger partial charge in [0.2, 0.25) is 17.7 Å². The fraction of sp³-hybridized carbons (Fsp3) is 0.667. The highest BCUT2D eigenvalue weighted by Gasteiger charge is 2.49. The summed E-state index contributed by atoms with van der Waals surface area (Å²) in [4.78, 5) is 40.6. The first-order chi connectivity index (χ1) is 16.4. The number of hydrogen-bond acceptors (Lipinski definition) is 4. The van der Waals surface area contributed by atoms with Crippen LogP contribution in [-0.2, 0) is 20.8 Å². The van der Waals surface area contributed by atoms with Crippen LogP contribution in [0.4, 0.5) is 0 Å². The zero-order valence-corrected chi connectivity index (χ0v) is 20.3. The van der Waals surface area contributed by atoms with E-state index in [0.29, 0.717) is 31.2 Å². The van der Waals surface area contributed by atoms with E-state index in [1.54, 1.807) is 12.0 Å². The fourth-order valence-corrected chi connectivity index (χ4v) is 7.37. The Bertz CT molecular complexity index is 902. The summed E-state index contributed by atoms with van der Waals surface area (Å²) in [6.45, 7) is 1.98. The first kappa shape index (κ1) is 23.2. The quantitative estimate of drug-likeness (QED) is 0.646. The predicted octanol–water partition coefficient (Wildman–Crippen LogP) is 2.67. The highest BCUT2D eigenvalue weighted by molar-refractivity contribution is 5.92. The maximum absolute atomic E-state index is 13.6. The average molecular weight is 468 g/mol. The third kappa shape index (κ3) is 4.66. The van der Waals surface area contributed by atoms with Gasteiger partial charge in [-0.3, -0.25) is 14.4 Å². The highest BCUT2D eigenvalue weighted by atomic mass is 16.5. The molecule has 5 fully saturated rings. The van der Waals surface area contributed by atoms with Gasteiger partial charge in [0.05, 0.1) is 7.11 Å². The molecule has 34 heavy (non-hydrogen) atoms. The van der Waals surface area contributed by atoms with E-state index in [-0.39, 0.29) is 23.8 Å². The van der Waals surface area contributed by atoms with Crippen LogP contribution >= 0.6 is 0 Å². The molecular weight excluding hydrogens is 430 g/mol. The molecular formula is C27H37N3O4. The number of amides is 3. The van der Waals surface area contributed by atoms with E-state index in [0.717, 1.165) is 29.6 Å². The van der Waals surface area contributed by atoms with Gasteiger partial charge in [-0.25, -0.2) is 0 Å². The second-order valence-corrected chi connectivity index (χ2v) is 11.0. The molecule has 2 unspecified atom stereocenters. The summed E-state index contributed by atoms with van der Waals surface area (Å²) in [5.74, 6) is 3.24. The van der Waals surface area contributed by atoms with Crippen LogP contribution in [0.5, 0.6) is 5.75 Å². The largest absolute Gasteiger partial charge is 0.497 e. The molecule has 5 aliphatic rings. The molecule has 2 atom stereocenters. The molecule has 184 valence electrons. The van der Waals surface area contributed by atoms with Crippen molar-refractivity contribution in [3.8, 4) is 5.75 Å². The normalized spacial score (nSPS) is 32.4. The summed E-state index contributed by atoms with van der Waals surface area (Å²) in [6.07, 6.45) is 8.24. The highest BCUT2D eigenvalue weighted by Crippen LogP contribution is 2.53. The molecule has 1 aromatic rings. The smallest absolute Gasteiger partial charge is 0.246 e. The Morgan fingerprint density at radius 3 is 2.26 bits per heavy atom. The van der Waals surface area contributed by atoms with Crippen molar-refractivity contribution in [2.24, 2.45) is 23.7 Å². The van der Waals surface area contributed by atoms with Crippen molar-refractivity contribution in [2.45, 2.75) is 76.4 Å². The van der Waals surface area contributed by atoms with Crippen molar-refractivity contribution in [2.75, 3.05) is 13.7 Å². The van der Waals surface area contributed by atoms with Crippen LogP contribution in [0.3, 0.4) is 0 Å². The van der Waals surface area contributed by atoms with E-state index in [2.05, 4.69) is 10.6 Å². The number of ether oxygens (including phenoxy) is 1. The molecule has 3 amide bonds. The molecule has 0 radical (unpaired) electrons. The molecule has 1 aromatic carbocycles. The van der Waals surface area contributed by atoms with Crippen LogP contribution in [0.15, 0.2) is 24.3 Å². The number of likely N-dealkylation sites (tertiary alicyclic amines) is 1. The maximum Gasteiger partial charge on any atom is 0.246 e. The molecule has 7 nitrogen and oxygen atoms in total. The van der Waals surface area contributed by atoms with Crippen LogP contribution in [0.25, 0.3) is 0 Å². The zero-order chi connectivity index (χ0) is 23.8. The topological polar surface area (TPSA) is 87.7 Å². The Kier molecular flexibility index (Phi) is 6.54. The monoisotopic (exact) mass is 467 g/mol. The Morgan fingerprint density at radius 1 is 1.03 bits per heavy atom. The van der Waals surface area contributed by atoms with E-state index in [1.807, 2.05) is 24.3 Å². The lowest BCUT2D eigenvalue weighted by Gasteiger charge is -2.54. The first-order valence-corrected chi connectivity index (χ1v) is 12.9. The summed E-state index contributed by atoms with van der Waals surface area (Å²) < 4.78 is 5.22. The van der Waals surface area contributed by atoms with E-state index < -0.39 is 12.1 Å². The second-order valence-electron chi connectivity index (χ2n) is 11.0. The van der Waals surface area contributed by atoms with Crippen molar-refractivity contribution in [3.63, 3.8) is 0 Å². The number of nitrogens with zero attached hydrogens (tertiary/aromatic N) is 1. The van der Waals surface area contributed by atoms with Gasteiger partial charge < -0.3 is 20.3 Å². The first-order valence-electron chi connectivity index (χ1n) is 12.9. The molecule has 4 aliphatic carbocycles. The number of benzene rings is 1. The lowest BCUT2D eigenvalue weighted by Crippen LogP contribution is -2.59. The summed E-state index contributed by atoms with van der Waals surface area (Å²) in [5.41, 5.74) is 0.932. The van der Waals surface area contributed by atoms with Gasteiger partial charge in [0.25, 0.3) is 0 Å². The lowest BCUT2D eigenvalue weighted by molar-refractivity contribution is -0.142. The molecule has 0 spiro atoms. The van der Waals surface area contributed by atoms with Gasteiger partial charge in [0, 0.05) is 25.9 Å². The van der Waals surface area contributed by atoms with Crippen molar-refractivity contribution in [1.82, 2.24) is 15.5 Å². The van der Waals surface area contributed by atoms with Crippen molar-refractivity contribution >= 4 is 17.7 Å². The summed E-state index contributed by atoms with van der Waals surface area (Å²) in [6, 6.07) is 6.63. The van der Waals surface area contributed by atoms with Crippen molar-refractivity contribution < 1.29 is 19.1 Å². The molecule has 2 N–H and O–H groups in total. The van der Waals surface area contributed by atoms with Gasteiger partial charge in [-0.1, -0.05) is 12.1 Å². The van der Waals surface area contributed by atoms with Crippen molar-refractivity contribution in [3.05, 3.63) is 29.8 Å². The van der Waals surface area contributed by atoms with E-state index in [4.69, 9.17) is 4.74 Å². The minimum absolute atomic E-state index is 0.00524. The molecule has 0 aromatic heterocycles. The Hall–Kier alpha value is -2.57. The molecule has 6 rings (SSSR count). The SMILES string of the molecule is COc1ccc(CC(NC(C)=O)C(=O)N2CCCC2C(=O)NC2C3CC4CC(C3)CC2C4)cc1. The van der Waals surface area contributed by atoms with E-state index in [9.17, 15) is 14.4 Å². The van der Waals surface area contributed by atoms with Crippen LogP contribution in [-0.4, -0.2) is 54.4 Å².